The molecule has 0 aliphatic carbocycles. The summed E-state index contributed by atoms with van der Waals surface area (Å²) in [6, 6.07) is 19.9. The molecule has 0 unspecified atom stereocenters. The zero-order chi connectivity index (χ0) is 19.7. The van der Waals surface area contributed by atoms with Crippen molar-refractivity contribution in [2.24, 2.45) is 0 Å². The lowest BCUT2D eigenvalue weighted by molar-refractivity contribution is 0.590. The third-order valence-corrected chi connectivity index (χ3v) is 4.95. The smallest absolute Gasteiger partial charge is 0.134 e. The summed E-state index contributed by atoms with van der Waals surface area (Å²) < 4.78 is 42.5. The Balaban J connectivity index is 1.75. The van der Waals surface area contributed by atoms with Gasteiger partial charge in [-0.3, -0.25) is 0 Å². The van der Waals surface area contributed by atoms with Crippen molar-refractivity contribution in [3.63, 3.8) is 0 Å². The zero-order valence-corrected chi connectivity index (χ0v) is 15.5. The molecule has 0 radical (unpaired) electrons. The van der Waals surface area contributed by atoms with E-state index in [4.69, 9.17) is 0 Å². The summed E-state index contributed by atoms with van der Waals surface area (Å²) in [6.07, 6.45) is 2.11. The van der Waals surface area contributed by atoms with E-state index in [2.05, 4.69) is 19.1 Å². The van der Waals surface area contributed by atoms with Gasteiger partial charge >= 0.3 is 0 Å². The van der Waals surface area contributed by atoms with E-state index in [9.17, 15) is 13.2 Å². The molecule has 4 rings (SSSR count). The Kier molecular flexibility index (Phi) is 4.91. The highest BCUT2D eigenvalue weighted by Crippen LogP contribution is 2.32. The number of hydrogen-bond donors (Lipinski definition) is 0. The van der Waals surface area contributed by atoms with Crippen LogP contribution in [-0.2, 0) is 6.42 Å². The average Bonchev–Trinajstić information content (AvgIpc) is 2.68. The van der Waals surface area contributed by atoms with Crippen molar-refractivity contribution < 1.29 is 13.2 Å². The Labute approximate surface area is 162 Å². The molecule has 0 saturated heterocycles. The van der Waals surface area contributed by atoms with Crippen molar-refractivity contribution in [1.82, 2.24) is 0 Å². The van der Waals surface area contributed by atoms with Crippen molar-refractivity contribution in [3.05, 3.63) is 95.8 Å². The molecule has 140 valence electrons. The lowest BCUT2D eigenvalue weighted by Gasteiger charge is -2.10. The minimum absolute atomic E-state index is 0.145. The van der Waals surface area contributed by atoms with Gasteiger partial charge in [0.15, 0.2) is 0 Å². The number of aryl methyl sites for hydroxylation is 1. The summed E-state index contributed by atoms with van der Waals surface area (Å²) in [5.41, 5.74) is 2.67. The quantitative estimate of drug-likeness (QED) is 0.345. The maximum Gasteiger partial charge on any atom is 0.134 e. The van der Waals surface area contributed by atoms with Crippen LogP contribution in [0, 0.1) is 17.5 Å². The van der Waals surface area contributed by atoms with Gasteiger partial charge in [-0.2, -0.15) is 0 Å². The molecular formula is C25H19F3. The Hall–Kier alpha value is -3.07. The predicted molar refractivity (Wildman–Crippen MR) is 109 cm³/mol. The van der Waals surface area contributed by atoms with E-state index in [0.717, 1.165) is 29.2 Å². The van der Waals surface area contributed by atoms with E-state index in [1.807, 2.05) is 24.3 Å². The topological polar surface area (TPSA) is 0 Å². The number of benzene rings is 4. The monoisotopic (exact) mass is 376 g/mol. The second kappa shape index (κ2) is 7.51. The number of halogens is 3. The largest absolute Gasteiger partial charge is 0.207 e. The van der Waals surface area contributed by atoms with E-state index in [1.54, 1.807) is 0 Å². The first-order chi connectivity index (χ1) is 13.5. The van der Waals surface area contributed by atoms with Gasteiger partial charge in [0.25, 0.3) is 0 Å². The standard InChI is InChI=1S/C25H19F3/c1-2-3-16-4-5-19-13-20(7-6-18(19)12-16)21-14-23(27)25(24(28)15-21)17-8-10-22(26)11-9-17/h4-15H,2-3H2,1H3. The first-order valence-electron chi connectivity index (χ1n) is 9.33. The SMILES string of the molecule is CCCc1ccc2cc(-c3cc(F)c(-c4ccc(F)cc4)c(F)c3)ccc2c1. The van der Waals surface area contributed by atoms with E-state index in [1.165, 1.54) is 42.0 Å². The Bertz CT molecular complexity index is 1120. The first-order valence-corrected chi connectivity index (χ1v) is 9.33. The molecule has 0 spiro atoms. The molecule has 0 bridgehead atoms. The molecule has 0 nitrogen and oxygen atoms in total. The van der Waals surface area contributed by atoms with Crippen molar-refractivity contribution >= 4 is 10.8 Å². The fourth-order valence-corrected chi connectivity index (χ4v) is 3.55. The van der Waals surface area contributed by atoms with Crippen molar-refractivity contribution in [2.75, 3.05) is 0 Å². The second-order valence-electron chi connectivity index (χ2n) is 6.97. The molecule has 0 atom stereocenters. The van der Waals surface area contributed by atoms with Crippen LogP contribution in [0.1, 0.15) is 18.9 Å². The van der Waals surface area contributed by atoms with E-state index in [0.29, 0.717) is 11.1 Å². The van der Waals surface area contributed by atoms with Crippen molar-refractivity contribution in [2.45, 2.75) is 19.8 Å². The third-order valence-electron chi connectivity index (χ3n) is 4.95. The van der Waals surface area contributed by atoms with Gasteiger partial charge in [-0.25, -0.2) is 13.2 Å². The summed E-state index contributed by atoms with van der Waals surface area (Å²) in [6.45, 7) is 2.14. The zero-order valence-electron chi connectivity index (χ0n) is 15.5. The molecule has 0 aliphatic heterocycles. The normalized spacial score (nSPS) is 11.1. The molecular weight excluding hydrogens is 357 g/mol. The van der Waals surface area contributed by atoms with Crippen molar-refractivity contribution in [3.8, 4) is 22.3 Å². The lowest BCUT2D eigenvalue weighted by Crippen LogP contribution is -1.93. The van der Waals surface area contributed by atoms with Gasteiger partial charge in [0.05, 0.1) is 5.56 Å². The molecule has 0 saturated carbocycles. The second-order valence-corrected chi connectivity index (χ2v) is 6.97. The molecule has 0 N–H and O–H groups in total. The highest BCUT2D eigenvalue weighted by molar-refractivity contribution is 5.88. The van der Waals surface area contributed by atoms with Gasteiger partial charge in [-0.15, -0.1) is 0 Å². The molecule has 4 aromatic rings. The van der Waals surface area contributed by atoms with Crippen LogP contribution in [0.3, 0.4) is 0 Å². The molecule has 0 heterocycles. The van der Waals surface area contributed by atoms with Crippen LogP contribution in [0.25, 0.3) is 33.0 Å². The van der Waals surface area contributed by atoms with Crippen LogP contribution in [-0.4, -0.2) is 0 Å². The van der Waals surface area contributed by atoms with E-state index >= 15 is 0 Å². The lowest BCUT2D eigenvalue weighted by atomic mass is 9.96. The summed E-state index contributed by atoms with van der Waals surface area (Å²) in [4.78, 5) is 0. The highest BCUT2D eigenvalue weighted by Gasteiger charge is 2.14. The van der Waals surface area contributed by atoms with Crippen LogP contribution < -0.4 is 0 Å². The van der Waals surface area contributed by atoms with E-state index in [-0.39, 0.29) is 5.56 Å². The predicted octanol–water partition coefficient (Wildman–Crippen LogP) is 7.54. The van der Waals surface area contributed by atoms with Crippen molar-refractivity contribution in [1.29, 1.82) is 0 Å². The average molecular weight is 376 g/mol. The molecule has 3 heteroatoms. The highest BCUT2D eigenvalue weighted by atomic mass is 19.1. The van der Waals surface area contributed by atoms with Gasteiger partial charge in [0.2, 0.25) is 0 Å². The number of fused-ring (bicyclic) bond motifs is 1. The van der Waals surface area contributed by atoms with Crippen LogP contribution in [0.2, 0.25) is 0 Å². The third kappa shape index (κ3) is 3.53. The number of rotatable bonds is 4. The molecule has 0 fully saturated rings. The minimum Gasteiger partial charge on any atom is -0.207 e. The number of hydrogen-bond acceptors (Lipinski definition) is 0. The minimum atomic E-state index is -0.667. The van der Waals surface area contributed by atoms with Gasteiger partial charge in [0.1, 0.15) is 17.5 Å². The van der Waals surface area contributed by atoms with Crippen LogP contribution >= 0.6 is 0 Å². The van der Waals surface area contributed by atoms with Crippen LogP contribution in [0.4, 0.5) is 13.2 Å². The summed E-state index contributed by atoms with van der Waals surface area (Å²) >= 11 is 0. The van der Waals surface area contributed by atoms with Gasteiger partial charge in [-0.05, 0) is 69.8 Å². The Morgan fingerprint density at radius 1 is 0.607 bits per heavy atom. The van der Waals surface area contributed by atoms with E-state index < -0.39 is 17.5 Å². The Morgan fingerprint density at radius 2 is 1.21 bits per heavy atom. The van der Waals surface area contributed by atoms with Gasteiger partial charge < -0.3 is 0 Å². The maximum atomic E-state index is 14.7. The first kappa shape index (κ1) is 18.3. The fraction of sp³-hybridized carbons (Fsp3) is 0.120. The summed E-state index contributed by atoms with van der Waals surface area (Å²) in [5, 5.41) is 2.14. The molecule has 28 heavy (non-hydrogen) atoms. The molecule has 0 amide bonds. The summed E-state index contributed by atoms with van der Waals surface area (Å²) in [7, 11) is 0. The maximum absolute atomic E-state index is 14.7. The molecule has 0 aliphatic rings. The fourth-order valence-electron chi connectivity index (χ4n) is 3.55. The van der Waals surface area contributed by atoms with Gasteiger partial charge in [0, 0.05) is 0 Å². The Morgan fingerprint density at radius 3 is 1.89 bits per heavy atom. The molecule has 0 aromatic heterocycles. The summed E-state index contributed by atoms with van der Waals surface area (Å²) in [5.74, 6) is -1.78. The van der Waals surface area contributed by atoms with Crippen LogP contribution in [0.5, 0.6) is 0 Å². The molecule has 4 aromatic carbocycles. The van der Waals surface area contributed by atoms with Crippen LogP contribution in [0.15, 0.2) is 72.8 Å². The van der Waals surface area contributed by atoms with Gasteiger partial charge in [-0.1, -0.05) is 55.8 Å².